The summed E-state index contributed by atoms with van der Waals surface area (Å²) in [6.45, 7) is 2.77. The van der Waals surface area contributed by atoms with Crippen LogP contribution < -0.4 is 5.32 Å². The summed E-state index contributed by atoms with van der Waals surface area (Å²) >= 11 is 5.83. The topological polar surface area (TPSA) is 64.6 Å². The van der Waals surface area contributed by atoms with Gasteiger partial charge in [-0.3, -0.25) is 4.79 Å². The number of carbonyl (C=O) groups excluding carboxylic acids is 2. The number of carbonyl (C=O) groups is 2. The Morgan fingerprint density at radius 1 is 1.03 bits per heavy atom. The van der Waals surface area contributed by atoms with Crippen molar-refractivity contribution in [3.63, 3.8) is 0 Å². The molecule has 158 valence electrons. The molecule has 0 aromatic carbocycles. The Bertz CT molecular complexity index is 676. The van der Waals surface area contributed by atoms with E-state index in [1.165, 1.54) is 0 Å². The van der Waals surface area contributed by atoms with Crippen LogP contribution in [0.1, 0.15) is 19.8 Å². The molecule has 1 aliphatic rings. The summed E-state index contributed by atoms with van der Waals surface area (Å²) in [5.74, 6) is 1.83. The minimum Gasteiger partial charge on any atom is -0.465 e. The number of rotatable bonds is 10. The number of hydrogen-bond donors (Lipinski definition) is 2. The molecule has 1 amide bonds. The molecule has 0 aliphatic heterocycles. The number of thioether (sulfide) groups is 1. The zero-order valence-corrected chi connectivity index (χ0v) is 18.4. The number of ether oxygens (including phenoxy) is 2. The first-order valence-electron chi connectivity index (χ1n) is 9.50. The summed E-state index contributed by atoms with van der Waals surface area (Å²) in [4.78, 5) is 23.3. The molecule has 5 nitrogen and oxygen atoms in total. The number of hydrogen-bond acceptors (Lipinski definition) is 6. The lowest BCUT2D eigenvalue weighted by atomic mass is 10.3. The lowest BCUT2D eigenvalue weighted by Gasteiger charge is -2.08. The minimum absolute atomic E-state index is 0.0131. The second-order valence-electron chi connectivity index (χ2n) is 6.02. The highest BCUT2D eigenvalue weighted by Crippen LogP contribution is 2.05. The van der Waals surface area contributed by atoms with Gasteiger partial charge in [-0.05, 0) is 24.3 Å². The molecule has 29 heavy (non-hydrogen) atoms. The molecule has 0 aromatic heterocycles. The van der Waals surface area contributed by atoms with Crippen LogP contribution in [0.3, 0.4) is 0 Å². The largest absolute Gasteiger partial charge is 0.465 e. The van der Waals surface area contributed by atoms with Crippen molar-refractivity contribution >= 4 is 36.5 Å². The molecule has 1 N–H and O–H groups in total. The molecule has 0 aromatic rings. The van der Waals surface area contributed by atoms with Gasteiger partial charge in [0.1, 0.15) is 12.4 Å². The molecule has 0 bridgehead atoms. The van der Waals surface area contributed by atoms with E-state index in [2.05, 4.69) is 17.9 Å². The van der Waals surface area contributed by atoms with E-state index in [0.29, 0.717) is 25.3 Å². The molecule has 0 fully saturated rings. The lowest BCUT2D eigenvalue weighted by molar-refractivity contribution is -0.142. The number of nitrogens with one attached hydrogen (secondary N) is 1. The molecular formula is C22H29NO4S2. The Labute approximate surface area is 183 Å². The Hall–Kier alpha value is -2.12. The predicted octanol–water partition coefficient (Wildman–Crippen LogP) is 4.77. The van der Waals surface area contributed by atoms with Crippen LogP contribution in [-0.4, -0.2) is 42.0 Å². The van der Waals surface area contributed by atoms with Crippen LogP contribution in [0.15, 0.2) is 72.6 Å². The van der Waals surface area contributed by atoms with Crippen molar-refractivity contribution in [3.05, 3.63) is 72.6 Å². The van der Waals surface area contributed by atoms with Gasteiger partial charge in [-0.1, -0.05) is 61.6 Å². The molecular weight excluding hydrogens is 406 g/mol. The van der Waals surface area contributed by atoms with Gasteiger partial charge in [-0.15, -0.1) is 0 Å². The monoisotopic (exact) mass is 435 g/mol. The van der Waals surface area contributed by atoms with Gasteiger partial charge in [0.05, 0.1) is 6.42 Å². The van der Waals surface area contributed by atoms with Crippen molar-refractivity contribution in [1.29, 1.82) is 0 Å². The molecule has 0 radical (unpaired) electrons. The normalized spacial score (nSPS) is 18.9. The van der Waals surface area contributed by atoms with E-state index in [4.69, 9.17) is 9.47 Å². The van der Waals surface area contributed by atoms with Gasteiger partial charge < -0.3 is 14.8 Å². The van der Waals surface area contributed by atoms with E-state index < -0.39 is 6.09 Å². The van der Waals surface area contributed by atoms with Crippen molar-refractivity contribution in [2.75, 3.05) is 24.7 Å². The summed E-state index contributed by atoms with van der Waals surface area (Å²) in [7, 11) is 0. The average Bonchev–Trinajstić information content (AvgIpc) is 2.65. The number of thiol groups is 1. The van der Waals surface area contributed by atoms with Crippen LogP contribution in [-0.2, 0) is 14.3 Å². The lowest BCUT2D eigenvalue weighted by Crippen LogP contribution is -2.25. The summed E-state index contributed by atoms with van der Waals surface area (Å²) in [5, 5.41) is 2.75. The molecule has 0 saturated carbocycles. The van der Waals surface area contributed by atoms with E-state index in [-0.39, 0.29) is 11.2 Å². The van der Waals surface area contributed by atoms with Gasteiger partial charge in [0.2, 0.25) is 0 Å². The van der Waals surface area contributed by atoms with Crippen LogP contribution in [0.25, 0.3) is 0 Å². The standard InChI is InChI=1S/C22H29NO4S2/c1-19(28)18-21(24)26-15-17-29-16-11-14-23-22(25)27-20-12-9-7-5-3-2-4-6-8-10-13-20/h2-10,12-13,19,28H,11,14-18H2,1H3,(H,23,25)/b3-2-,4-2?,5-3?,6-4-,7-5-,8-6?,9-7?,10-8-,12-9?,13-10?,20-12?,20-13?. The Balaban J connectivity index is 2.18. The Morgan fingerprint density at radius 2 is 1.69 bits per heavy atom. The SMILES string of the molecule is CC(S)CC(=O)OCCSCCCNC(=O)OC1=C\C=C/C=C\C=C/C=C\C=C1. The fraction of sp³-hybridized carbons (Fsp3) is 0.364. The third-order valence-electron chi connectivity index (χ3n) is 3.31. The quantitative estimate of drug-likeness (QED) is 0.294. The molecule has 1 rings (SSSR count). The van der Waals surface area contributed by atoms with E-state index in [1.807, 2.05) is 61.6 Å². The van der Waals surface area contributed by atoms with Gasteiger partial charge in [0.15, 0.2) is 0 Å². The molecule has 1 unspecified atom stereocenters. The van der Waals surface area contributed by atoms with Crippen LogP contribution in [0.2, 0.25) is 0 Å². The number of alkyl carbamates (subject to hydrolysis) is 1. The molecule has 0 heterocycles. The highest BCUT2D eigenvalue weighted by atomic mass is 32.2. The molecule has 7 heteroatoms. The fourth-order valence-electron chi connectivity index (χ4n) is 2.00. The predicted molar refractivity (Wildman–Crippen MR) is 124 cm³/mol. The highest BCUT2D eigenvalue weighted by Gasteiger charge is 2.06. The average molecular weight is 436 g/mol. The zero-order chi connectivity index (χ0) is 21.2. The summed E-state index contributed by atoms with van der Waals surface area (Å²) in [6.07, 6.45) is 21.0. The third kappa shape index (κ3) is 15.5. The first-order chi connectivity index (χ1) is 14.1. The van der Waals surface area contributed by atoms with Crippen LogP contribution in [0.5, 0.6) is 0 Å². The van der Waals surface area contributed by atoms with E-state index in [0.717, 1.165) is 17.9 Å². The second kappa shape index (κ2) is 16.8. The van der Waals surface area contributed by atoms with Crippen molar-refractivity contribution in [2.24, 2.45) is 0 Å². The maximum absolute atomic E-state index is 11.9. The Kier molecular flexibility index (Phi) is 14.4. The first-order valence-corrected chi connectivity index (χ1v) is 11.2. The van der Waals surface area contributed by atoms with Crippen molar-refractivity contribution < 1.29 is 19.1 Å². The van der Waals surface area contributed by atoms with Gasteiger partial charge >= 0.3 is 12.1 Å². The van der Waals surface area contributed by atoms with Gasteiger partial charge in [-0.2, -0.15) is 24.4 Å². The van der Waals surface area contributed by atoms with Crippen molar-refractivity contribution in [2.45, 2.75) is 25.0 Å². The number of amides is 1. The summed E-state index contributed by atoms with van der Waals surface area (Å²) in [6, 6.07) is 0. The third-order valence-corrected chi connectivity index (χ3v) is 4.52. The van der Waals surface area contributed by atoms with Crippen molar-refractivity contribution in [3.8, 4) is 0 Å². The molecule has 0 saturated heterocycles. The van der Waals surface area contributed by atoms with Gasteiger partial charge in [0, 0.05) is 17.5 Å². The number of allylic oxidation sites excluding steroid dienone is 11. The van der Waals surface area contributed by atoms with E-state index in [9.17, 15) is 9.59 Å². The minimum atomic E-state index is -0.486. The maximum Gasteiger partial charge on any atom is 0.412 e. The van der Waals surface area contributed by atoms with Crippen molar-refractivity contribution in [1.82, 2.24) is 5.32 Å². The molecule has 0 spiro atoms. The summed E-state index contributed by atoms with van der Waals surface area (Å²) < 4.78 is 10.4. The molecule has 1 atom stereocenters. The van der Waals surface area contributed by atoms with E-state index >= 15 is 0 Å². The Morgan fingerprint density at radius 3 is 2.38 bits per heavy atom. The second-order valence-corrected chi connectivity index (χ2v) is 8.13. The molecule has 1 aliphatic carbocycles. The number of esters is 1. The van der Waals surface area contributed by atoms with Crippen LogP contribution in [0.4, 0.5) is 4.79 Å². The van der Waals surface area contributed by atoms with Crippen LogP contribution in [0, 0.1) is 0 Å². The first kappa shape index (κ1) is 24.9. The van der Waals surface area contributed by atoms with Gasteiger partial charge in [0.25, 0.3) is 0 Å². The van der Waals surface area contributed by atoms with Gasteiger partial charge in [-0.25, -0.2) is 4.79 Å². The highest BCUT2D eigenvalue weighted by molar-refractivity contribution is 7.99. The smallest absolute Gasteiger partial charge is 0.412 e. The van der Waals surface area contributed by atoms with E-state index in [1.54, 1.807) is 23.9 Å². The fourth-order valence-corrected chi connectivity index (χ4v) is 2.90. The maximum atomic E-state index is 11.9. The summed E-state index contributed by atoms with van der Waals surface area (Å²) in [5.41, 5.74) is 0. The van der Waals surface area contributed by atoms with Crippen LogP contribution >= 0.6 is 24.4 Å². The zero-order valence-electron chi connectivity index (χ0n) is 16.7.